The van der Waals surface area contributed by atoms with Gasteiger partial charge in [-0.15, -0.1) is 0 Å². The number of benzene rings is 6. The molecule has 0 aliphatic carbocycles. The summed E-state index contributed by atoms with van der Waals surface area (Å²) in [6.07, 6.45) is 17.8. The third kappa shape index (κ3) is 20.3. The molecule has 7 amide bonds. The summed E-state index contributed by atoms with van der Waals surface area (Å²) in [7, 11) is 7.07. The van der Waals surface area contributed by atoms with Crippen molar-refractivity contribution in [3.63, 3.8) is 0 Å². The number of carbonyl (C=O) groups is 9. The number of para-hydroxylation sites is 2. The Labute approximate surface area is 701 Å². The van der Waals surface area contributed by atoms with Crippen LogP contribution in [0.5, 0.6) is 11.5 Å². The number of piperidine rings is 2. The molecule has 3 fully saturated rings. The molecule has 121 heavy (non-hydrogen) atoms. The number of nitrogens with one attached hydrogen (secondary N) is 4. The smallest absolute Gasteiger partial charge is 0.416 e. The zero-order valence-corrected chi connectivity index (χ0v) is 68.9. The molecule has 9 heterocycles. The van der Waals surface area contributed by atoms with Crippen LogP contribution in [0.4, 0.5) is 38.9 Å². The molecule has 2 unspecified atom stereocenters. The number of ether oxygens (including phenoxy) is 5. The molecule has 4 aromatic heterocycles. The lowest BCUT2D eigenvalue weighted by Gasteiger charge is -2.42. The summed E-state index contributed by atoms with van der Waals surface area (Å²) in [6.45, 7) is 9.76. The van der Waals surface area contributed by atoms with Gasteiger partial charge in [-0.25, -0.2) is 19.7 Å². The van der Waals surface area contributed by atoms with Crippen molar-refractivity contribution in [2.24, 2.45) is 33.2 Å². The molecule has 28 heteroatoms. The van der Waals surface area contributed by atoms with E-state index in [1.54, 1.807) is 95.5 Å². The van der Waals surface area contributed by atoms with Crippen molar-refractivity contribution < 1.29 is 66.8 Å². The van der Waals surface area contributed by atoms with Gasteiger partial charge in [0.2, 0.25) is 11.8 Å². The molecule has 5 aliphatic rings. The maximum absolute atomic E-state index is 14.2. The summed E-state index contributed by atoms with van der Waals surface area (Å²) in [5, 5.41) is 11.5. The molecule has 0 radical (unpaired) electrons. The number of aryl methyl sites for hydroxylation is 6. The minimum atomic E-state index is -0.860. The van der Waals surface area contributed by atoms with E-state index in [-0.39, 0.29) is 104 Å². The number of nitrogens with zero attached hydrogens (tertiary/aromatic N) is 10. The van der Waals surface area contributed by atoms with Crippen LogP contribution < -0.4 is 35.6 Å². The van der Waals surface area contributed by atoms with E-state index in [1.165, 1.54) is 11.0 Å². The maximum atomic E-state index is 14.2. The average Bonchev–Trinajstić information content (AvgIpc) is 1.62. The van der Waals surface area contributed by atoms with E-state index in [0.29, 0.717) is 131 Å². The van der Waals surface area contributed by atoms with Crippen LogP contribution in [0.1, 0.15) is 169 Å². The topological polar surface area (TPSA) is 315 Å². The first-order chi connectivity index (χ1) is 58.6. The normalized spacial score (nSPS) is 16.6. The van der Waals surface area contributed by atoms with E-state index in [4.69, 9.17) is 23.7 Å². The lowest BCUT2D eigenvalue weighted by Crippen LogP contribution is -2.57. The standard InChI is InChI=1S/C51H57N7O9.C42H43N7O5/c1-5-24-66-51(63)58-41-30-44(33(2)27-38(41)49(62)57-23-11-9-16-40(57)50(58)67-46-18-10-12-25-65-46)64-26-13-17-45(60)52-37-29-42(55(3)31-37)43(59)28-34-19-21-35(22-20-34)39-32-56(4)47(54-39)48(61)53-36-14-7-6-8-15-36;1-27-20-33-34(43-24-32-12-7-8-18-49(32)42(33)53)23-38(27)54-19-9-13-39(51)44-31-22-36(47(2)25-31)37(50)21-28-14-16-29(17-15-28)35-26-48(3)40(46-35)41(52)45-30-10-5-4-6-11-30/h5-8,14-15,19-22,27,29-32,40,46,50H,1,9-13,16-18,23-26,28H2,2-4H3,(H,52,60)(H,53,61);4-6,10-11,14-17,20,22-26,32H,7-9,12-13,18-19,21H2,1-3H3,(H,44,51)(H,45,52)/t40-,46?,50?;32-/m00/s1. The van der Waals surface area contributed by atoms with E-state index < -0.39 is 24.7 Å². The number of fused-ring (bicyclic) bond motifs is 4. The number of hydrogen-bond acceptors (Lipinski definition) is 17. The zero-order valence-electron chi connectivity index (χ0n) is 68.9. The summed E-state index contributed by atoms with van der Waals surface area (Å²) in [5.41, 5.74) is 11.3. The summed E-state index contributed by atoms with van der Waals surface area (Å²) in [4.78, 5) is 139. The van der Waals surface area contributed by atoms with Crippen LogP contribution in [-0.4, -0.2) is 161 Å². The molecule has 3 saturated heterocycles. The molecular weight excluding hydrogens is 1540 g/mol. The number of aliphatic imine (C=N–C) groups is 1. The number of imidazole rings is 2. The van der Waals surface area contributed by atoms with Crippen molar-refractivity contribution >= 4 is 93.4 Å². The highest BCUT2D eigenvalue weighted by molar-refractivity contribution is 6.07. The Bertz CT molecular complexity index is 5530. The number of carbonyl (C=O) groups excluding carboxylic acids is 9. The fourth-order valence-corrected chi connectivity index (χ4v) is 15.8. The molecule has 10 aromatic rings. The molecule has 4 atom stereocenters. The molecule has 0 saturated carbocycles. The zero-order chi connectivity index (χ0) is 84.8. The second kappa shape index (κ2) is 38.6. The van der Waals surface area contributed by atoms with Crippen LogP contribution in [-0.2, 0) is 64.8 Å². The monoisotopic (exact) mass is 1640 g/mol. The van der Waals surface area contributed by atoms with Crippen LogP contribution in [0, 0.1) is 13.8 Å². The summed E-state index contributed by atoms with van der Waals surface area (Å²) < 4.78 is 37.2. The Morgan fingerprint density at radius 1 is 0.537 bits per heavy atom. The first-order valence-electron chi connectivity index (χ1n) is 41.1. The van der Waals surface area contributed by atoms with Crippen LogP contribution >= 0.6 is 0 Å². The van der Waals surface area contributed by atoms with Crippen LogP contribution in [0.25, 0.3) is 22.5 Å². The SMILES string of the molecule is C=CCOC(=O)N1c2cc(OCCCC(=O)Nc3cc(C(=O)Cc4ccc(-c5cn(C)c(C(=O)Nc6ccccc6)n5)cc4)n(C)c3)c(C)cc2C(=O)N2CCCC[C@H]2C1OC1CCCCO1.Cc1cc2c(cc1OCCCC(=O)Nc1cc(C(=O)Cc3ccc(-c4cn(C)c(C(=O)Nc5ccccc5)n4)cc3)n(C)c1)N=C[C@@H]1CCCCN1C2=O. The van der Waals surface area contributed by atoms with Crippen molar-refractivity contribution in [1.82, 2.24) is 38.0 Å². The fourth-order valence-electron chi connectivity index (χ4n) is 15.8. The Balaban J connectivity index is 0.000000202. The quantitative estimate of drug-likeness (QED) is 0.0201. The van der Waals surface area contributed by atoms with Crippen molar-refractivity contribution in [3.8, 4) is 34.0 Å². The number of anilines is 5. The number of Topliss-reactive ketones (excluding diaryl/α,β-unsaturated/α-hetero) is 2. The van der Waals surface area contributed by atoms with Gasteiger partial charge in [0.15, 0.2) is 35.7 Å². The molecule has 5 aliphatic heterocycles. The van der Waals surface area contributed by atoms with E-state index in [0.717, 1.165) is 79.3 Å². The minimum Gasteiger partial charge on any atom is -0.493 e. The third-order valence-electron chi connectivity index (χ3n) is 22.1. The second-order valence-electron chi connectivity index (χ2n) is 31.0. The van der Waals surface area contributed by atoms with Crippen LogP contribution in [0.15, 0.2) is 188 Å². The van der Waals surface area contributed by atoms with Crippen molar-refractivity contribution in [3.05, 3.63) is 239 Å². The number of amides is 7. The van der Waals surface area contributed by atoms with Crippen molar-refractivity contribution in [2.45, 2.75) is 135 Å². The van der Waals surface area contributed by atoms with E-state index in [9.17, 15) is 43.2 Å². The Hall–Kier alpha value is -13.3. The van der Waals surface area contributed by atoms with Gasteiger partial charge in [0.1, 0.15) is 18.1 Å². The van der Waals surface area contributed by atoms with Gasteiger partial charge >= 0.3 is 6.09 Å². The van der Waals surface area contributed by atoms with Gasteiger partial charge in [0.05, 0.1) is 81.9 Å². The summed E-state index contributed by atoms with van der Waals surface area (Å²) in [5.74, 6) is 0.226. The first-order valence-corrected chi connectivity index (χ1v) is 41.1. The van der Waals surface area contributed by atoms with Crippen LogP contribution in [0.2, 0.25) is 0 Å². The lowest BCUT2D eigenvalue weighted by atomic mass is 10.00. The molecule has 0 bridgehead atoms. The Kier molecular flexibility index (Phi) is 26.8. The van der Waals surface area contributed by atoms with Gasteiger partial charge < -0.3 is 73.0 Å². The predicted molar refractivity (Wildman–Crippen MR) is 460 cm³/mol. The van der Waals surface area contributed by atoms with E-state index >= 15 is 0 Å². The first kappa shape index (κ1) is 84.1. The third-order valence-corrected chi connectivity index (χ3v) is 22.1. The van der Waals surface area contributed by atoms with Gasteiger partial charge in [-0.2, -0.15) is 0 Å². The van der Waals surface area contributed by atoms with Crippen molar-refractivity contribution in [2.75, 3.05) is 65.7 Å². The lowest BCUT2D eigenvalue weighted by molar-refractivity contribution is -0.198. The highest BCUT2D eigenvalue weighted by atomic mass is 16.7. The molecule has 6 aromatic carbocycles. The number of hydrogen-bond donors (Lipinski definition) is 4. The van der Waals surface area contributed by atoms with E-state index in [2.05, 4.69) is 42.8 Å². The fraction of sp³-hybridized carbons (Fsp3) is 0.333. The molecule has 626 valence electrons. The summed E-state index contributed by atoms with van der Waals surface area (Å²) >= 11 is 0. The molecular formula is C93H100N14O14. The maximum Gasteiger partial charge on any atom is 0.416 e. The summed E-state index contributed by atoms with van der Waals surface area (Å²) in [6, 6.07) is 43.5. The average molecular weight is 1640 g/mol. The number of rotatable bonds is 28. The largest absolute Gasteiger partial charge is 0.493 e. The number of ketones is 2. The Morgan fingerprint density at radius 2 is 1.04 bits per heavy atom. The van der Waals surface area contributed by atoms with Crippen molar-refractivity contribution in [1.29, 1.82) is 0 Å². The highest BCUT2D eigenvalue weighted by Gasteiger charge is 2.47. The molecule has 4 N–H and O–H groups in total. The van der Waals surface area contributed by atoms with Gasteiger partial charge in [0.25, 0.3) is 23.6 Å². The van der Waals surface area contributed by atoms with Gasteiger partial charge in [0, 0.05) is 139 Å². The van der Waals surface area contributed by atoms with Gasteiger partial charge in [-0.1, -0.05) is 97.6 Å². The van der Waals surface area contributed by atoms with E-state index in [1.807, 2.05) is 151 Å². The number of aromatic nitrogens is 6. The van der Waals surface area contributed by atoms with Gasteiger partial charge in [-0.05, 0) is 155 Å². The molecule has 28 nitrogen and oxygen atoms in total. The molecule has 0 spiro atoms. The predicted octanol–water partition coefficient (Wildman–Crippen LogP) is 15.1. The van der Waals surface area contributed by atoms with Crippen LogP contribution in [0.3, 0.4) is 0 Å². The second-order valence-corrected chi connectivity index (χ2v) is 31.0. The van der Waals surface area contributed by atoms with Gasteiger partial charge in [-0.3, -0.25) is 43.3 Å². The molecule has 15 rings (SSSR count). The highest BCUT2D eigenvalue weighted by Crippen LogP contribution is 2.41. The minimum absolute atomic E-state index is 0.0160. The Morgan fingerprint density at radius 3 is 1.57 bits per heavy atom.